The second-order valence-corrected chi connectivity index (χ2v) is 4.92. The average molecular weight is 210 g/mol. The number of hydrogen-bond acceptors (Lipinski definition) is 3. The maximum Gasteiger partial charge on any atom is 0.233 e. The van der Waals surface area contributed by atoms with Gasteiger partial charge >= 0.3 is 0 Å². The van der Waals surface area contributed by atoms with Crippen molar-refractivity contribution in [2.24, 2.45) is 23.5 Å². The van der Waals surface area contributed by atoms with E-state index in [-0.39, 0.29) is 29.7 Å². The number of carbonyl (C=O) groups excluding carboxylic acids is 2. The van der Waals surface area contributed by atoms with Gasteiger partial charge in [0.1, 0.15) is 0 Å². The summed E-state index contributed by atoms with van der Waals surface area (Å²) in [6, 6.07) is -0.147. The molecule has 2 N–H and O–H groups in total. The van der Waals surface area contributed by atoms with Crippen LogP contribution in [0.2, 0.25) is 0 Å². The van der Waals surface area contributed by atoms with Crippen molar-refractivity contribution in [3.05, 3.63) is 0 Å². The summed E-state index contributed by atoms with van der Waals surface area (Å²) in [6.07, 6.45) is 1.73. The van der Waals surface area contributed by atoms with E-state index in [1.54, 1.807) is 0 Å². The predicted octanol–water partition coefficient (Wildman–Crippen LogP) is 0.365. The fourth-order valence-electron chi connectivity index (χ4n) is 2.84. The molecular weight excluding hydrogens is 192 g/mol. The summed E-state index contributed by atoms with van der Waals surface area (Å²) in [6.45, 7) is 4.29. The summed E-state index contributed by atoms with van der Waals surface area (Å²) in [5.74, 6) is 0.408. The Labute approximate surface area is 89.8 Å². The molecule has 4 heteroatoms. The highest BCUT2D eigenvalue weighted by Crippen LogP contribution is 2.43. The summed E-state index contributed by atoms with van der Waals surface area (Å²) >= 11 is 0. The highest BCUT2D eigenvalue weighted by Gasteiger charge is 2.52. The number of amides is 2. The molecule has 2 aliphatic rings. The van der Waals surface area contributed by atoms with Crippen LogP contribution in [-0.2, 0) is 9.59 Å². The number of nitrogens with two attached hydrogens (primary N) is 1. The van der Waals surface area contributed by atoms with Crippen molar-refractivity contribution in [3.8, 4) is 0 Å². The van der Waals surface area contributed by atoms with Crippen LogP contribution >= 0.6 is 0 Å². The van der Waals surface area contributed by atoms with Crippen LogP contribution in [0.25, 0.3) is 0 Å². The third-order valence-electron chi connectivity index (χ3n) is 3.69. The number of rotatable bonds is 2. The van der Waals surface area contributed by atoms with Gasteiger partial charge < -0.3 is 5.73 Å². The third-order valence-corrected chi connectivity index (χ3v) is 3.69. The first-order valence-corrected chi connectivity index (χ1v) is 5.63. The summed E-state index contributed by atoms with van der Waals surface area (Å²) in [5, 5.41) is 0. The predicted molar refractivity (Wildman–Crippen MR) is 55.7 cm³/mol. The number of hydrogen-bond donors (Lipinski definition) is 1. The molecule has 2 rings (SSSR count). The van der Waals surface area contributed by atoms with Crippen LogP contribution in [0.1, 0.15) is 26.7 Å². The topological polar surface area (TPSA) is 63.4 Å². The van der Waals surface area contributed by atoms with Gasteiger partial charge in [0, 0.05) is 12.6 Å². The van der Waals surface area contributed by atoms with Crippen LogP contribution in [0.5, 0.6) is 0 Å². The lowest BCUT2D eigenvalue weighted by molar-refractivity contribution is -0.142. The van der Waals surface area contributed by atoms with Crippen LogP contribution < -0.4 is 5.73 Å². The second kappa shape index (κ2) is 3.59. The molecule has 1 saturated carbocycles. The van der Waals surface area contributed by atoms with Gasteiger partial charge in [0.2, 0.25) is 11.8 Å². The lowest BCUT2D eigenvalue weighted by Crippen LogP contribution is -2.43. The van der Waals surface area contributed by atoms with Gasteiger partial charge in [0.25, 0.3) is 0 Å². The molecule has 15 heavy (non-hydrogen) atoms. The van der Waals surface area contributed by atoms with E-state index >= 15 is 0 Å². The highest BCUT2D eigenvalue weighted by molar-refractivity contribution is 6.05. The Morgan fingerprint density at radius 1 is 1.33 bits per heavy atom. The first kappa shape index (κ1) is 10.6. The molecule has 1 aliphatic carbocycles. The van der Waals surface area contributed by atoms with Gasteiger partial charge in [-0.05, 0) is 25.7 Å². The van der Waals surface area contributed by atoms with Crippen LogP contribution in [0.15, 0.2) is 0 Å². The molecule has 2 fully saturated rings. The van der Waals surface area contributed by atoms with Gasteiger partial charge in [-0.1, -0.05) is 6.92 Å². The molecule has 0 radical (unpaired) electrons. The third kappa shape index (κ3) is 1.47. The molecule has 3 unspecified atom stereocenters. The van der Waals surface area contributed by atoms with Gasteiger partial charge in [-0.15, -0.1) is 0 Å². The molecule has 0 aromatic heterocycles. The molecule has 84 valence electrons. The van der Waals surface area contributed by atoms with Crippen molar-refractivity contribution >= 4 is 11.8 Å². The van der Waals surface area contributed by atoms with Gasteiger partial charge in [-0.2, -0.15) is 0 Å². The Morgan fingerprint density at radius 2 is 1.80 bits per heavy atom. The van der Waals surface area contributed by atoms with Gasteiger partial charge in [-0.3, -0.25) is 14.5 Å². The SMILES string of the molecule is CC1CC2C(=O)N(C(C)CN)C(=O)C2C1. The van der Waals surface area contributed by atoms with Crippen molar-refractivity contribution in [1.29, 1.82) is 0 Å². The molecule has 1 aliphatic heterocycles. The van der Waals surface area contributed by atoms with Gasteiger partial charge in [0.05, 0.1) is 11.8 Å². The van der Waals surface area contributed by atoms with E-state index in [2.05, 4.69) is 6.92 Å². The van der Waals surface area contributed by atoms with Crippen molar-refractivity contribution in [2.45, 2.75) is 32.7 Å². The molecule has 4 nitrogen and oxygen atoms in total. The Balaban J connectivity index is 2.20. The molecule has 0 bridgehead atoms. The van der Waals surface area contributed by atoms with Crippen molar-refractivity contribution in [2.75, 3.05) is 6.54 Å². The Morgan fingerprint density at radius 3 is 2.20 bits per heavy atom. The Bertz CT molecular complexity index is 279. The van der Waals surface area contributed by atoms with Crippen LogP contribution in [0, 0.1) is 17.8 Å². The van der Waals surface area contributed by atoms with E-state index in [9.17, 15) is 9.59 Å². The Hall–Kier alpha value is -0.900. The van der Waals surface area contributed by atoms with E-state index < -0.39 is 0 Å². The molecule has 1 heterocycles. The van der Waals surface area contributed by atoms with Crippen molar-refractivity contribution in [3.63, 3.8) is 0 Å². The smallest absolute Gasteiger partial charge is 0.233 e. The standard InChI is InChI=1S/C11H18N2O2/c1-6-3-8-9(4-6)11(15)13(10(8)14)7(2)5-12/h6-9H,3-5,12H2,1-2H3. The lowest BCUT2D eigenvalue weighted by Gasteiger charge is -2.22. The molecular formula is C11H18N2O2. The minimum absolute atomic E-state index is 0.00676. The lowest BCUT2D eigenvalue weighted by atomic mass is 10.00. The van der Waals surface area contributed by atoms with Gasteiger partial charge in [-0.25, -0.2) is 0 Å². The van der Waals surface area contributed by atoms with E-state index in [1.165, 1.54) is 4.90 Å². The van der Waals surface area contributed by atoms with Gasteiger partial charge in [0.15, 0.2) is 0 Å². The zero-order valence-corrected chi connectivity index (χ0v) is 9.27. The zero-order valence-electron chi connectivity index (χ0n) is 9.27. The van der Waals surface area contributed by atoms with Crippen LogP contribution in [-0.4, -0.2) is 29.3 Å². The Kier molecular flexibility index (Phi) is 2.54. The summed E-state index contributed by atoms with van der Waals surface area (Å²) in [4.78, 5) is 25.4. The fraction of sp³-hybridized carbons (Fsp3) is 0.818. The van der Waals surface area contributed by atoms with E-state index in [1.807, 2.05) is 6.92 Å². The van der Waals surface area contributed by atoms with Crippen molar-refractivity contribution < 1.29 is 9.59 Å². The number of carbonyl (C=O) groups is 2. The normalized spacial score (nSPS) is 37.3. The second-order valence-electron chi connectivity index (χ2n) is 4.92. The van der Waals surface area contributed by atoms with Crippen molar-refractivity contribution in [1.82, 2.24) is 4.90 Å². The minimum Gasteiger partial charge on any atom is -0.328 e. The van der Waals surface area contributed by atoms with E-state index in [4.69, 9.17) is 5.73 Å². The summed E-state index contributed by atoms with van der Waals surface area (Å²) in [5.41, 5.74) is 5.51. The molecule has 0 spiro atoms. The number of imide groups is 1. The molecule has 0 aromatic carbocycles. The fourth-order valence-corrected chi connectivity index (χ4v) is 2.84. The average Bonchev–Trinajstić information content (AvgIpc) is 2.67. The molecule has 0 aromatic rings. The number of likely N-dealkylation sites (tertiary alicyclic amines) is 1. The molecule has 3 atom stereocenters. The highest BCUT2D eigenvalue weighted by atomic mass is 16.2. The minimum atomic E-state index is -0.147. The monoisotopic (exact) mass is 210 g/mol. The quantitative estimate of drug-likeness (QED) is 0.669. The number of nitrogens with zero attached hydrogens (tertiary/aromatic N) is 1. The first-order valence-electron chi connectivity index (χ1n) is 5.63. The van der Waals surface area contributed by atoms with E-state index in [0.717, 1.165) is 12.8 Å². The number of fused-ring (bicyclic) bond motifs is 1. The molecule has 2 amide bonds. The summed E-state index contributed by atoms with van der Waals surface area (Å²) in [7, 11) is 0. The van der Waals surface area contributed by atoms with E-state index in [0.29, 0.717) is 12.5 Å². The van der Waals surface area contributed by atoms with Crippen LogP contribution in [0.3, 0.4) is 0 Å². The maximum atomic E-state index is 12.0. The van der Waals surface area contributed by atoms with Crippen LogP contribution in [0.4, 0.5) is 0 Å². The summed E-state index contributed by atoms with van der Waals surface area (Å²) < 4.78 is 0. The molecule has 1 saturated heterocycles. The maximum absolute atomic E-state index is 12.0. The zero-order chi connectivity index (χ0) is 11.2. The first-order chi connectivity index (χ1) is 7.06. The largest absolute Gasteiger partial charge is 0.328 e.